The van der Waals surface area contributed by atoms with Gasteiger partial charge >= 0.3 is 11.7 Å². The smallest absolute Gasteiger partial charge is 0.346 e. The van der Waals surface area contributed by atoms with Crippen molar-refractivity contribution in [2.24, 2.45) is 5.92 Å². The SMILES string of the molecule is CC(C)Cc1nn(CCc2ccccc2)c(=O)n1Cc1ccc(-c2ccccc2C(=O)O)cc1. The van der Waals surface area contributed by atoms with Crippen LogP contribution in [-0.4, -0.2) is 25.4 Å². The lowest BCUT2D eigenvalue weighted by molar-refractivity contribution is 0.0697. The van der Waals surface area contributed by atoms with Crippen LogP contribution in [0.25, 0.3) is 11.1 Å². The Morgan fingerprint density at radius 3 is 2.26 bits per heavy atom. The minimum Gasteiger partial charge on any atom is -0.478 e. The van der Waals surface area contributed by atoms with E-state index in [2.05, 4.69) is 31.1 Å². The molecule has 0 atom stereocenters. The van der Waals surface area contributed by atoms with E-state index in [1.807, 2.05) is 48.5 Å². The first-order chi connectivity index (χ1) is 16.4. The van der Waals surface area contributed by atoms with Gasteiger partial charge in [0.15, 0.2) is 0 Å². The second-order valence-electron chi connectivity index (χ2n) is 8.89. The van der Waals surface area contributed by atoms with Crippen molar-refractivity contribution in [3.8, 4) is 11.1 Å². The molecule has 6 heteroatoms. The summed E-state index contributed by atoms with van der Waals surface area (Å²) in [6, 6.07) is 24.8. The van der Waals surface area contributed by atoms with Gasteiger partial charge in [-0.1, -0.05) is 86.6 Å². The Bertz CT molecular complexity index is 1320. The van der Waals surface area contributed by atoms with Gasteiger partial charge in [0, 0.05) is 6.42 Å². The summed E-state index contributed by atoms with van der Waals surface area (Å²) in [7, 11) is 0. The normalized spacial score (nSPS) is 11.1. The van der Waals surface area contributed by atoms with E-state index in [-0.39, 0.29) is 11.3 Å². The lowest BCUT2D eigenvalue weighted by atomic mass is 9.99. The number of aryl methyl sites for hydroxylation is 2. The minimum atomic E-state index is -0.951. The number of hydrogen-bond acceptors (Lipinski definition) is 3. The van der Waals surface area contributed by atoms with Gasteiger partial charge in [-0.25, -0.2) is 14.3 Å². The number of nitrogens with zero attached hydrogens (tertiary/aromatic N) is 3. The van der Waals surface area contributed by atoms with E-state index >= 15 is 0 Å². The van der Waals surface area contributed by atoms with Crippen LogP contribution in [-0.2, 0) is 25.9 Å². The highest BCUT2D eigenvalue weighted by Gasteiger charge is 2.16. The van der Waals surface area contributed by atoms with Crippen molar-refractivity contribution < 1.29 is 9.90 Å². The van der Waals surface area contributed by atoms with Gasteiger partial charge in [-0.2, -0.15) is 5.10 Å². The first-order valence-electron chi connectivity index (χ1n) is 11.5. The maximum absolute atomic E-state index is 13.2. The predicted octanol–water partition coefficient (Wildman–Crippen LogP) is 4.90. The van der Waals surface area contributed by atoms with Gasteiger partial charge in [0.05, 0.1) is 18.7 Å². The summed E-state index contributed by atoms with van der Waals surface area (Å²) in [5.41, 5.74) is 3.80. The molecule has 0 unspecified atom stereocenters. The van der Waals surface area contributed by atoms with Gasteiger partial charge in [0.1, 0.15) is 5.82 Å². The highest BCUT2D eigenvalue weighted by Crippen LogP contribution is 2.24. The van der Waals surface area contributed by atoms with Crippen LogP contribution in [0.5, 0.6) is 0 Å². The minimum absolute atomic E-state index is 0.105. The van der Waals surface area contributed by atoms with Crippen LogP contribution >= 0.6 is 0 Å². The molecule has 34 heavy (non-hydrogen) atoms. The number of rotatable bonds is 9. The van der Waals surface area contributed by atoms with Gasteiger partial charge in [-0.05, 0) is 40.7 Å². The summed E-state index contributed by atoms with van der Waals surface area (Å²) in [5.74, 6) is 0.207. The third kappa shape index (κ3) is 5.34. The quantitative estimate of drug-likeness (QED) is 0.389. The molecule has 0 saturated carbocycles. The fourth-order valence-electron chi connectivity index (χ4n) is 4.08. The summed E-state index contributed by atoms with van der Waals surface area (Å²) < 4.78 is 3.33. The van der Waals surface area contributed by atoms with Gasteiger partial charge in [0.2, 0.25) is 0 Å². The molecule has 1 N–H and O–H groups in total. The summed E-state index contributed by atoms with van der Waals surface area (Å²) in [4.78, 5) is 24.8. The number of benzene rings is 3. The van der Waals surface area contributed by atoms with Crippen molar-refractivity contribution in [3.05, 3.63) is 112 Å². The van der Waals surface area contributed by atoms with Crippen LogP contribution in [0.15, 0.2) is 83.7 Å². The Hall–Kier alpha value is -3.93. The lowest BCUT2D eigenvalue weighted by Gasteiger charge is -2.10. The lowest BCUT2D eigenvalue weighted by Crippen LogP contribution is -2.26. The molecule has 0 aliphatic carbocycles. The summed E-state index contributed by atoms with van der Waals surface area (Å²) in [6.07, 6.45) is 1.47. The summed E-state index contributed by atoms with van der Waals surface area (Å²) in [5, 5.41) is 14.1. The molecule has 4 rings (SSSR count). The third-order valence-electron chi connectivity index (χ3n) is 5.81. The molecule has 0 radical (unpaired) electrons. The summed E-state index contributed by atoms with van der Waals surface area (Å²) in [6.45, 7) is 5.19. The van der Waals surface area contributed by atoms with E-state index in [9.17, 15) is 14.7 Å². The van der Waals surface area contributed by atoms with E-state index < -0.39 is 5.97 Å². The molecule has 0 amide bonds. The molecule has 0 saturated heterocycles. The molecule has 4 aromatic rings. The van der Waals surface area contributed by atoms with Crippen molar-refractivity contribution >= 4 is 5.97 Å². The van der Waals surface area contributed by atoms with E-state index in [1.54, 1.807) is 27.4 Å². The molecule has 174 valence electrons. The van der Waals surface area contributed by atoms with Crippen LogP contribution < -0.4 is 5.69 Å². The van der Waals surface area contributed by atoms with Crippen molar-refractivity contribution in [2.45, 2.75) is 39.8 Å². The fraction of sp³-hybridized carbons (Fsp3) is 0.250. The van der Waals surface area contributed by atoms with E-state index in [0.29, 0.717) is 24.6 Å². The Kier molecular flexibility index (Phi) is 7.07. The molecule has 0 spiro atoms. The number of aromatic carboxylic acids is 1. The van der Waals surface area contributed by atoms with Crippen LogP contribution in [0, 0.1) is 5.92 Å². The highest BCUT2D eigenvalue weighted by molar-refractivity contribution is 5.95. The molecule has 1 heterocycles. The van der Waals surface area contributed by atoms with Crippen LogP contribution in [0.3, 0.4) is 0 Å². The molecule has 0 fully saturated rings. The molecular weight excluding hydrogens is 426 g/mol. The monoisotopic (exact) mass is 455 g/mol. The van der Waals surface area contributed by atoms with Crippen molar-refractivity contribution in [1.82, 2.24) is 14.3 Å². The Morgan fingerprint density at radius 1 is 0.912 bits per heavy atom. The number of hydrogen-bond donors (Lipinski definition) is 1. The molecule has 1 aromatic heterocycles. The molecule has 3 aromatic carbocycles. The third-order valence-corrected chi connectivity index (χ3v) is 5.81. The van der Waals surface area contributed by atoms with Crippen molar-refractivity contribution in [3.63, 3.8) is 0 Å². The zero-order valence-corrected chi connectivity index (χ0v) is 19.5. The fourth-order valence-corrected chi connectivity index (χ4v) is 4.08. The maximum atomic E-state index is 13.2. The van der Waals surface area contributed by atoms with Crippen LogP contribution in [0.1, 0.15) is 41.2 Å². The largest absolute Gasteiger partial charge is 0.478 e. The molecule has 0 bridgehead atoms. The predicted molar refractivity (Wildman–Crippen MR) is 133 cm³/mol. The Morgan fingerprint density at radius 2 is 1.59 bits per heavy atom. The zero-order valence-electron chi connectivity index (χ0n) is 19.5. The summed E-state index contributed by atoms with van der Waals surface area (Å²) >= 11 is 0. The first-order valence-corrected chi connectivity index (χ1v) is 11.5. The Labute approximate surface area is 199 Å². The average molecular weight is 456 g/mol. The van der Waals surface area contributed by atoms with Crippen LogP contribution in [0.4, 0.5) is 0 Å². The average Bonchev–Trinajstić information content (AvgIpc) is 3.12. The first kappa shape index (κ1) is 23.2. The Balaban J connectivity index is 1.58. The number of carboxylic acids is 1. The standard InChI is InChI=1S/C28H29N3O3/c1-20(2)18-26-29-31(17-16-21-8-4-3-5-9-21)28(34)30(26)19-22-12-14-23(15-13-22)24-10-6-7-11-25(24)27(32)33/h3-15,20H,16-19H2,1-2H3,(H,32,33). The van der Waals surface area contributed by atoms with Gasteiger partial charge in [0.25, 0.3) is 0 Å². The second kappa shape index (κ2) is 10.3. The van der Waals surface area contributed by atoms with E-state index in [1.165, 1.54) is 5.56 Å². The molecular formula is C28H29N3O3. The second-order valence-corrected chi connectivity index (χ2v) is 8.89. The van der Waals surface area contributed by atoms with E-state index in [4.69, 9.17) is 0 Å². The van der Waals surface area contributed by atoms with Crippen LogP contribution in [0.2, 0.25) is 0 Å². The molecule has 6 nitrogen and oxygen atoms in total. The van der Waals surface area contributed by atoms with Gasteiger partial charge < -0.3 is 5.11 Å². The maximum Gasteiger partial charge on any atom is 0.346 e. The van der Waals surface area contributed by atoms with Gasteiger partial charge in [-0.3, -0.25) is 4.57 Å². The number of carbonyl (C=O) groups is 1. The van der Waals surface area contributed by atoms with Crippen molar-refractivity contribution in [1.29, 1.82) is 0 Å². The zero-order chi connectivity index (χ0) is 24.1. The molecule has 0 aliphatic heterocycles. The van der Waals surface area contributed by atoms with E-state index in [0.717, 1.165) is 29.8 Å². The van der Waals surface area contributed by atoms with Gasteiger partial charge in [-0.15, -0.1) is 0 Å². The highest BCUT2D eigenvalue weighted by atomic mass is 16.4. The topological polar surface area (TPSA) is 77.1 Å². The number of carboxylic acid groups (broad SMARTS) is 1. The van der Waals surface area contributed by atoms with Crippen molar-refractivity contribution in [2.75, 3.05) is 0 Å². The number of aromatic nitrogens is 3. The molecule has 0 aliphatic rings.